The van der Waals surface area contributed by atoms with Crippen LogP contribution in [-0.2, 0) is 0 Å². The Labute approximate surface area is 76.8 Å². The minimum Gasteiger partial charge on any atom is -0.497 e. The molecule has 64 valence electrons. The molecule has 0 saturated heterocycles. The molecule has 0 spiro atoms. The van der Waals surface area contributed by atoms with Crippen molar-refractivity contribution in [2.75, 3.05) is 14.2 Å². The summed E-state index contributed by atoms with van der Waals surface area (Å²) in [6.45, 7) is 0. The van der Waals surface area contributed by atoms with Gasteiger partial charge >= 0.3 is 0 Å². The van der Waals surface area contributed by atoms with E-state index < -0.39 is 0 Å². The van der Waals surface area contributed by atoms with Crippen LogP contribution in [0.4, 0.5) is 0 Å². The first-order chi connectivity index (χ1) is 5.77. The number of hydrogen-bond acceptors (Lipinski definition) is 2. The van der Waals surface area contributed by atoms with Crippen molar-refractivity contribution in [3.63, 3.8) is 0 Å². The third-order valence-electron chi connectivity index (χ3n) is 1.52. The summed E-state index contributed by atoms with van der Waals surface area (Å²) in [4.78, 5) is 3.86. The summed E-state index contributed by atoms with van der Waals surface area (Å²) >= 11 is 5.80. The second kappa shape index (κ2) is 4.12. The summed E-state index contributed by atoms with van der Waals surface area (Å²) in [5.41, 5.74) is 0.903. The van der Waals surface area contributed by atoms with Crippen molar-refractivity contribution in [3.8, 4) is 5.75 Å². The monoisotopic (exact) mass is 183 g/mol. The molecule has 1 aromatic carbocycles. The van der Waals surface area contributed by atoms with Gasteiger partial charge in [0.15, 0.2) is 0 Å². The highest BCUT2D eigenvalue weighted by Crippen LogP contribution is 2.12. The Morgan fingerprint density at radius 3 is 2.33 bits per heavy atom. The molecule has 0 heterocycles. The standard InChI is InChI=1S/C9H10ClNO/c1-11-9(10)7-3-5-8(12-2)6-4-7/h3-6H,1-2H3. The van der Waals surface area contributed by atoms with Gasteiger partial charge in [-0.3, -0.25) is 4.99 Å². The van der Waals surface area contributed by atoms with Gasteiger partial charge in [-0.15, -0.1) is 0 Å². The van der Waals surface area contributed by atoms with Crippen molar-refractivity contribution in [2.24, 2.45) is 4.99 Å². The molecule has 0 fully saturated rings. The fraction of sp³-hybridized carbons (Fsp3) is 0.222. The molecule has 0 unspecified atom stereocenters. The summed E-state index contributed by atoms with van der Waals surface area (Å²) in [6, 6.07) is 7.44. The summed E-state index contributed by atoms with van der Waals surface area (Å²) in [5, 5.41) is 0.512. The highest BCUT2D eigenvalue weighted by Gasteiger charge is 1.97. The molecule has 1 aromatic rings. The smallest absolute Gasteiger partial charge is 0.130 e. The van der Waals surface area contributed by atoms with Crippen LogP contribution in [0, 0.1) is 0 Å². The third-order valence-corrected chi connectivity index (χ3v) is 1.91. The maximum absolute atomic E-state index is 5.80. The van der Waals surface area contributed by atoms with E-state index in [0.717, 1.165) is 11.3 Å². The van der Waals surface area contributed by atoms with Gasteiger partial charge in [-0.05, 0) is 24.3 Å². The van der Waals surface area contributed by atoms with Crippen molar-refractivity contribution in [1.82, 2.24) is 0 Å². The number of ether oxygens (including phenoxy) is 1. The molecule has 2 nitrogen and oxygen atoms in total. The number of methoxy groups -OCH3 is 1. The van der Waals surface area contributed by atoms with E-state index >= 15 is 0 Å². The molecule has 3 heteroatoms. The van der Waals surface area contributed by atoms with E-state index in [9.17, 15) is 0 Å². The van der Waals surface area contributed by atoms with Gasteiger partial charge in [0.05, 0.1) is 7.11 Å². The van der Waals surface area contributed by atoms with Crippen LogP contribution in [0.5, 0.6) is 5.75 Å². The van der Waals surface area contributed by atoms with E-state index in [-0.39, 0.29) is 0 Å². The minimum atomic E-state index is 0.512. The Hall–Kier alpha value is -1.02. The van der Waals surface area contributed by atoms with Crippen molar-refractivity contribution in [3.05, 3.63) is 29.8 Å². The van der Waals surface area contributed by atoms with Crippen LogP contribution in [0.1, 0.15) is 5.56 Å². The SMILES string of the molecule is CN=C(Cl)c1ccc(OC)cc1. The van der Waals surface area contributed by atoms with E-state index in [4.69, 9.17) is 16.3 Å². The number of nitrogens with zero attached hydrogens (tertiary/aromatic N) is 1. The molecule has 1 rings (SSSR count). The van der Waals surface area contributed by atoms with Crippen LogP contribution in [0.2, 0.25) is 0 Å². The Morgan fingerprint density at radius 1 is 1.33 bits per heavy atom. The molecular weight excluding hydrogens is 174 g/mol. The number of rotatable bonds is 2. The first-order valence-electron chi connectivity index (χ1n) is 3.54. The van der Waals surface area contributed by atoms with Gasteiger partial charge < -0.3 is 4.74 Å². The van der Waals surface area contributed by atoms with Crippen LogP contribution in [0.3, 0.4) is 0 Å². The molecule has 0 aliphatic carbocycles. The predicted octanol–water partition coefficient (Wildman–Crippen LogP) is 2.31. The fourth-order valence-electron chi connectivity index (χ4n) is 0.858. The molecule has 0 saturated carbocycles. The molecule has 0 aliphatic heterocycles. The van der Waals surface area contributed by atoms with Gasteiger partial charge in [-0.1, -0.05) is 11.6 Å². The van der Waals surface area contributed by atoms with Gasteiger partial charge in [0.1, 0.15) is 10.9 Å². The lowest BCUT2D eigenvalue weighted by Crippen LogP contribution is -1.90. The minimum absolute atomic E-state index is 0.512. The number of benzene rings is 1. The van der Waals surface area contributed by atoms with Crippen molar-refractivity contribution < 1.29 is 4.74 Å². The maximum Gasteiger partial charge on any atom is 0.130 e. The van der Waals surface area contributed by atoms with Crippen LogP contribution in [-0.4, -0.2) is 19.3 Å². The molecule has 0 radical (unpaired) electrons. The normalized spacial score (nSPS) is 11.4. The summed E-state index contributed by atoms with van der Waals surface area (Å²) in [5.74, 6) is 0.819. The predicted molar refractivity (Wildman–Crippen MR) is 51.3 cm³/mol. The van der Waals surface area contributed by atoms with Crippen LogP contribution < -0.4 is 4.74 Å². The summed E-state index contributed by atoms with van der Waals surface area (Å²) in [6.07, 6.45) is 0. The molecule has 0 amide bonds. The highest BCUT2D eigenvalue weighted by molar-refractivity contribution is 6.69. The zero-order valence-electron chi connectivity index (χ0n) is 7.04. The van der Waals surface area contributed by atoms with Crippen molar-refractivity contribution in [1.29, 1.82) is 0 Å². The van der Waals surface area contributed by atoms with Gasteiger partial charge in [0.2, 0.25) is 0 Å². The molecule has 0 aromatic heterocycles. The fourth-order valence-corrected chi connectivity index (χ4v) is 0.984. The van der Waals surface area contributed by atoms with Gasteiger partial charge in [0, 0.05) is 12.6 Å². The van der Waals surface area contributed by atoms with Crippen LogP contribution >= 0.6 is 11.6 Å². The van der Waals surface area contributed by atoms with Crippen molar-refractivity contribution >= 4 is 16.8 Å². The Bertz CT molecular complexity index is 279. The Balaban J connectivity index is 2.92. The van der Waals surface area contributed by atoms with E-state index in [1.54, 1.807) is 14.2 Å². The third kappa shape index (κ3) is 1.98. The zero-order valence-corrected chi connectivity index (χ0v) is 7.80. The average molecular weight is 184 g/mol. The van der Waals surface area contributed by atoms with E-state index in [0.29, 0.717) is 5.17 Å². The van der Waals surface area contributed by atoms with E-state index in [1.807, 2.05) is 24.3 Å². The number of hydrogen-bond donors (Lipinski definition) is 0. The van der Waals surface area contributed by atoms with Crippen LogP contribution in [0.15, 0.2) is 29.3 Å². The largest absolute Gasteiger partial charge is 0.497 e. The topological polar surface area (TPSA) is 21.6 Å². The Morgan fingerprint density at radius 2 is 1.92 bits per heavy atom. The Kier molecular flexibility index (Phi) is 3.11. The molecule has 0 bridgehead atoms. The van der Waals surface area contributed by atoms with Crippen molar-refractivity contribution in [2.45, 2.75) is 0 Å². The summed E-state index contributed by atoms with van der Waals surface area (Å²) in [7, 11) is 3.29. The second-order valence-electron chi connectivity index (χ2n) is 2.24. The van der Waals surface area contributed by atoms with Gasteiger partial charge in [0.25, 0.3) is 0 Å². The zero-order chi connectivity index (χ0) is 8.97. The average Bonchev–Trinajstić information content (AvgIpc) is 2.17. The molecule has 0 aliphatic rings. The van der Waals surface area contributed by atoms with E-state index in [2.05, 4.69) is 4.99 Å². The van der Waals surface area contributed by atoms with Gasteiger partial charge in [-0.2, -0.15) is 0 Å². The molecule has 0 N–H and O–H groups in total. The lowest BCUT2D eigenvalue weighted by molar-refractivity contribution is 0.415. The second-order valence-corrected chi connectivity index (χ2v) is 2.60. The molecule has 0 atom stereocenters. The van der Waals surface area contributed by atoms with E-state index in [1.165, 1.54) is 0 Å². The number of halogens is 1. The maximum atomic E-state index is 5.80. The molecule has 12 heavy (non-hydrogen) atoms. The number of aliphatic imine (C=N–C) groups is 1. The first kappa shape index (κ1) is 9.07. The molecular formula is C9H10ClNO. The first-order valence-corrected chi connectivity index (χ1v) is 3.92. The quantitative estimate of drug-likeness (QED) is 0.645. The van der Waals surface area contributed by atoms with Crippen LogP contribution in [0.25, 0.3) is 0 Å². The highest BCUT2D eigenvalue weighted by atomic mass is 35.5. The lowest BCUT2D eigenvalue weighted by atomic mass is 10.2. The summed E-state index contributed by atoms with van der Waals surface area (Å²) < 4.78 is 5.00. The van der Waals surface area contributed by atoms with Gasteiger partial charge in [-0.25, -0.2) is 0 Å². The lowest BCUT2D eigenvalue weighted by Gasteiger charge is -2.00.